The van der Waals surface area contributed by atoms with Crippen molar-refractivity contribution in [1.29, 1.82) is 0 Å². The Kier molecular flexibility index (Phi) is 4.39. The Balaban J connectivity index is 2.28. The van der Waals surface area contributed by atoms with Crippen molar-refractivity contribution in [2.45, 2.75) is 42.0 Å². The van der Waals surface area contributed by atoms with Crippen LogP contribution in [0.2, 0.25) is 0 Å². The number of nitrogens with two attached hydrogens (primary N) is 1. The number of hydrogen-bond donors (Lipinski definition) is 2. The molecule has 3 N–H and O–H groups in total. The standard InChI is InChI=1S/C12H17FN2O4S2/c1-8(9-3-2-4-9)15-21(18,19)12-6-5-10(7-11(12)13)20(14,16)17/h5-9,15H,2-4H2,1H3,(H2,14,16,17). The summed E-state index contributed by atoms with van der Waals surface area (Å²) in [6, 6.07) is 2.20. The molecule has 21 heavy (non-hydrogen) atoms. The lowest BCUT2D eigenvalue weighted by Gasteiger charge is -2.31. The topological polar surface area (TPSA) is 106 Å². The summed E-state index contributed by atoms with van der Waals surface area (Å²) in [7, 11) is -8.11. The third-order valence-corrected chi connectivity index (χ3v) is 6.22. The van der Waals surface area contributed by atoms with Crippen LogP contribution in [0.4, 0.5) is 4.39 Å². The largest absolute Gasteiger partial charge is 0.243 e. The Morgan fingerprint density at radius 2 is 1.90 bits per heavy atom. The van der Waals surface area contributed by atoms with Crippen molar-refractivity contribution >= 4 is 20.0 Å². The van der Waals surface area contributed by atoms with E-state index in [1.54, 1.807) is 6.92 Å². The lowest BCUT2D eigenvalue weighted by molar-refractivity contribution is 0.260. The highest BCUT2D eigenvalue weighted by Gasteiger charge is 2.29. The van der Waals surface area contributed by atoms with Crippen LogP contribution in [-0.4, -0.2) is 22.9 Å². The van der Waals surface area contributed by atoms with Crippen LogP contribution in [0.25, 0.3) is 0 Å². The molecule has 1 aliphatic carbocycles. The molecule has 1 fully saturated rings. The van der Waals surface area contributed by atoms with Crippen molar-refractivity contribution in [3.05, 3.63) is 24.0 Å². The summed E-state index contributed by atoms with van der Waals surface area (Å²) in [5.74, 6) is -0.888. The zero-order valence-corrected chi connectivity index (χ0v) is 13.0. The lowest BCUT2D eigenvalue weighted by atomic mass is 9.81. The van der Waals surface area contributed by atoms with Crippen LogP contribution in [-0.2, 0) is 20.0 Å². The molecule has 0 radical (unpaired) electrons. The van der Waals surface area contributed by atoms with Gasteiger partial charge < -0.3 is 0 Å². The minimum atomic E-state index is -4.07. The van der Waals surface area contributed by atoms with Crippen molar-refractivity contribution < 1.29 is 21.2 Å². The predicted molar refractivity (Wildman–Crippen MR) is 74.9 cm³/mol. The van der Waals surface area contributed by atoms with Gasteiger partial charge in [-0.25, -0.2) is 31.1 Å². The Bertz CT molecular complexity index is 743. The van der Waals surface area contributed by atoms with Crippen molar-refractivity contribution in [3.63, 3.8) is 0 Å². The van der Waals surface area contributed by atoms with E-state index in [4.69, 9.17) is 5.14 Å². The molecule has 0 heterocycles. The molecule has 1 aromatic rings. The predicted octanol–water partition coefficient (Wildman–Crippen LogP) is 0.940. The van der Waals surface area contributed by atoms with Crippen LogP contribution in [0.3, 0.4) is 0 Å². The molecule has 0 bridgehead atoms. The van der Waals surface area contributed by atoms with Crippen LogP contribution in [0, 0.1) is 11.7 Å². The smallest absolute Gasteiger partial charge is 0.225 e. The number of nitrogens with one attached hydrogen (secondary N) is 1. The zero-order chi connectivity index (χ0) is 15.8. The third kappa shape index (κ3) is 3.60. The van der Waals surface area contributed by atoms with Gasteiger partial charge in [-0.3, -0.25) is 0 Å². The van der Waals surface area contributed by atoms with Gasteiger partial charge in [0, 0.05) is 6.04 Å². The summed E-state index contributed by atoms with van der Waals surface area (Å²) in [4.78, 5) is -1.05. The molecule has 1 atom stereocenters. The van der Waals surface area contributed by atoms with Crippen LogP contribution < -0.4 is 9.86 Å². The first-order valence-electron chi connectivity index (χ1n) is 6.46. The second-order valence-electron chi connectivity index (χ2n) is 5.24. The molecule has 1 unspecified atom stereocenters. The molecule has 0 aliphatic heterocycles. The van der Waals surface area contributed by atoms with Gasteiger partial charge in [0.2, 0.25) is 20.0 Å². The summed E-state index contributed by atoms with van der Waals surface area (Å²) in [5.41, 5.74) is 0. The molecule has 9 heteroatoms. The SMILES string of the molecule is CC(NS(=O)(=O)c1ccc(S(N)(=O)=O)cc1F)C1CCC1. The minimum absolute atomic E-state index is 0.256. The van der Waals surface area contributed by atoms with E-state index in [1.807, 2.05) is 0 Å². The molecular weight excluding hydrogens is 319 g/mol. The Hall–Kier alpha value is -1.03. The van der Waals surface area contributed by atoms with E-state index in [0.717, 1.165) is 31.4 Å². The van der Waals surface area contributed by atoms with Gasteiger partial charge in [-0.05, 0) is 43.9 Å². The monoisotopic (exact) mass is 336 g/mol. The Labute approximate surface area is 123 Å². The molecule has 0 spiro atoms. The highest BCUT2D eigenvalue weighted by atomic mass is 32.2. The number of benzene rings is 1. The van der Waals surface area contributed by atoms with E-state index in [-0.39, 0.29) is 12.0 Å². The quantitative estimate of drug-likeness (QED) is 0.834. The Morgan fingerprint density at radius 1 is 1.29 bits per heavy atom. The first-order valence-corrected chi connectivity index (χ1v) is 9.49. The molecule has 0 saturated heterocycles. The first-order chi connectivity index (χ1) is 9.61. The Morgan fingerprint density at radius 3 is 2.33 bits per heavy atom. The fourth-order valence-electron chi connectivity index (χ4n) is 2.22. The van der Waals surface area contributed by atoms with Crippen LogP contribution >= 0.6 is 0 Å². The fraction of sp³-hybridized carbons (Fsp3) is 0.500. The fourth-order valence-corrected chi connectivity index (χ4v) is 4.12. The van der Waals surface area contributed by atoms with E-state index in [9.17, 15) is 21.2 Å². The molecule has 2 rings (SSSR count). The molecule has 1 aromatic carbocycles. The van der Waals surface area contributed by atoms with Gasteiger partial charge in [-0.2, -0.15) is 0 Å². The van der Waals surface area contributed by atoms with Gasteiger partial charge in [0.1, 0.15) is 10.7 Å². The first kappa shape index (κ1) is 16.3. The van der Waals surface area contributed by atoms with E-state index >= 15 is 0 Å². The molecule has 0 amide bonds. The number of halogens is 1. The lowest BCUT2D eigenvalue weighted by Crippen LogP contribution is -2.40. The van der Waals surface area contributed by atoms with Crippen LogP contribution in [0.1, 0.15) is 26.2 Å². The van der Waals surface area contributed by atoms with Crippen LogP contribution in [0.5, 0.6) is 0 Å². The highest BCUT2D eigenvalue weighted by molar-refractivity contribution is 7.89. The summed E-state index contributed by atoms with van der Waals surface area (Å²) < 4.78 is 62.8. The molecule has 1 saturated carbocycles. The highest BCUT2D eigenvalue weighted by Crippen LogP contribution is 2.30. The molecular formula is C12H17FN2O4S2. The molecule has 6 nitrogen and oxygen atoms in total. The molecule has 0 aromatic heterocycles. The van der Waals surface area contributed by atoms with E-state index in [2.05, 4.69) is 4.72 Å². The number of hydrogen-bond acceptors (Lipinski definition) is 4. The zero-order valence-electron chi connectivity index (χ0n) is 11.4. The van der Waals surface area contributed by atoms with Gasteiger partial charge in [-0.1, -0.05) is 6.42 Å². The number of rotatable bonds is 5. The van der Waals surface area contributed by atoms with Gasteiger partial charge in [0.05, 0.1) is 4.90 Å². The summed E-state index contributed by atoms with van der Waals surface area (Å²) >= 11 is 0. The average molecular weight is 336 g/mol. The van der Waals surface area contributed by atoms with E-state index in [1.165, 1.54) is 0 Å². The summed E-state index contributed by atoms with van der Waals surface area (Å²) in [6.45, 7) is 1.73. The maximum Gasteiger partial charge on any atom is 0.243 e. The van der Waals surface area contributed by atoms with Crippen LogP contribution in [0.15, 0.2) is 28.0 Å². The van der Waals surface area contributed by atoms with Gasteiger partial charge in [0.25, 0.3) is 0 Å². The molecule has 1 aliphatic rings. The minimum Gasteiger partial charge on any atom is -0.225 e. The second kappa shape index (κ2) is 5.64. The maximum absolute atomic E-state index is 13.9. The summed E-state index contributed by atoms with van der Waals surface area (Å²) in [6.07, 6.45) is 2.95. The molecule has 118 valence electrons. The average Bonchev–Trinajstić information content (AvgIpc) is 2.23. The van der Waals surface area contributed by atoms with Crippen molar-refractivity contribution in [1.82, 2.24) is 4.72 Å². The van der Waals surface area contributed by atoms with Crippen molar-refractivity contribution in [2.24, 2.45) is 11.1 Å². The number of sulfonamides is 2. The van der Waals surface area contributed by atoms with Crippen molar-refractivity contribution in [3.8, 4) is 0 Å². The maximum atomic E-state index is 13.9. The van der Waals surface area contributed by atoms with Crippen molar-refractivity contribution in [2.75, 3.05) is 0 Å². The van der Waals surface area contributed by atoms with E-state index in [0.29, 0.717) is 6.07 Å². The second-order valence-corrected chi connectivity index (χ2v) is 8.48. The number of primary sulfonamides is 1. The normalized spacial score (nSPS) is 18.2. The third-order valence-electron chi connectivity index (χ3n) is 3.72. The van der Waals surface area contributed by atoms with Gasteiger partial charge >= 0.3 is 0 Å². The van der Waals surface area contributed by atoms with E-state index < -0.39 is 35.7 Å². The van der Waals surface area contributed by atoms with Gasteiger partial charge in [-0.15, -0.1) is 0 Å². The summed E-state index contributed by atoms with van der Waals surface area (Å²) in [5, 5.41) is 4.87. The van der Waals surface area contributed by atoms with Gasteiger partial charge in [0.15, 0.2) is 0 Å².